The van der Waals surface area contributed by atoms with Crippen LogP contribution in [-0.4, -0.2) is 16.1 Å². The van der Waals surface area contributed by atoms with Gasteiger partial charge in [-0.25, -0.2) is 0 Å². The Balaban J connectivity index is 2.16. The van der Waals surface area contributed by atoms with Gasteiger partial charge in [0.25, 0.3) is 5.91 Å². The van der Waals surface area contributed by atoms with Gasteiger partial charge in [-0.3, -0.25) is 4.79 Å². The fourth-order valence-electron chi connectivity index (χ4n) is 1.30. The van der Waals surface area contributed by atoms with Crippen molar-refractivity contribution in [1.29, 1.82) is 0 Å². The molecule has 0 aliphatic rings. The van der Waals surface area contributed by atoms with E-state index >= 15 is 0 Å². The van der Waals surface area contributed by atoms with Crippen LogP contribution in [0, 0.1) is 6.92 Å². The van der Waals surface area contributed by atoms with Gasteiger partial charge >= 0.3 is 0 Å². The van der Waals surface area contributed by atoms with Crippen molar-refractivity contribution in [3.05, 3.63) is 51.2 Å². The third kappa shape index (κ3) is 3.05. The van der Waals surface area contributed by atoms with Crippen molar-refractivity contribution in [2.45, 2.75) is 6.92 Å². The molecule has 0 aliphatic carbocycles. The fraction of sp³-hybridized carbons (Fsp3) is 0.0833. The van der Waals surface area contributed by atoms with E-state index in [-0.39, 0.29) is 16.8 Å². The molecule has 0 spiro atoms. The van der Waals surface area contributed by atoms with Gasteiger partial charge in [0.2, 0.25) is 0 Å². The molecule has 0 unspecified atom stereocenters. The van der Waals surface area contributed by atoms with Crippen LogP contribution in [-0.2, 0) is 0 Å². The van der Waals surface area contributed by atoms with Crippen molar-refractivity contribution < 1.29 is 4.79 Å². The van der Waals surface area contributed by atoms with Gasteiger partial charge in [0, 0.05) is 10.2 Å². The second-order valence-corrected chi connectivity index (χ2v) is 4.90. The summed E-state index contributed by atoms with van der Waals surface area (Å²) in [5.41, 5.74) is 2.00. The lowest BCUT2D eigenvalue weighted by Gasteiger charge is -2.06. The minimum Gasteiger partial charge on any atom is -0.321 e. The van der Waals surface area contributed by atoms with Crippen LogP contribution in [0.4, 0.5) is 5.69 Å². The molecular weight excluding hydrogens is 318 g/mol. The summed E-state index contributed by atoms with van der Waals surface area (Å²) in [6, 6.07) is 8.60. The second kappa shape index (κ2) is 5.46. The molecule has 0 aliphatic heterocycles. The monoisotopic (exact) mass is 325 g/mol. The summed E-state index contributed by atoms with van der Waals surface area (Å²) in [5.74, 6) is -0.324. The molecule has 6 heteroatoms. The zero-order chi connectivity index (χ0) is 13.1. The number of nitrogens with zero attached hydrogens (tertiary/aromatic N) is 2. The van der Waals surface area contributed by atoms with Crippen LogP contribution in [0.3, 0.4) is 0 Å². The molecule has 0 bridgehead atoms. The number of hydrogen-bond acceptors (Lipinski definition) is 3. The highest BCUT2D eigenvalue weighted by Gasteiger charge is 2.08. The number of nitrogens with one attached hydrogen (secondary N) is 1. The molecule has 1 amide bonds. The minimum absolute atomic E-state index is 0.219. The van der Waals surface area contributed by atoms with Gasteiger partial charge in [-0.15, -0.1) is 10.2 Å². The predicted molar refractivity (Wildman–Crippen MR) is 73.9 cm³/mol. The molecule has 2 rings (SSSR count). The van der Waals surface area contributed by atoms with Crippen molar-refractivity contribution in [3.8, 4) is 0 Å². The van der Waals surface area contributed by atoms with Gasteiger partial charge in [-0.1, -0.05) is 33.6 Å². The number of rotatable bonds is 2. The maximum Gasteiger partial charge on any atom is 0.276 e. The molecule has 1 aromatic heterocycles. The minimum atomic E-state index is -0.324. The van der Waals surface area contributed by atoms with E-state index in [0.717, 1.165) is 10.0 Å². The van der Waals surface area contributed by atoms with E-state index in [1.807, 2.05) is 25.1 Å². The Labute approximate surface area is 118 Å². The van der Waals surface area contributed by atoms with Crippen molar-refractivity contribution in [2.75, 3.05) is 5.32 Å². The highest BCUT2D eigenvalue weighted by atomic mass is 79.9. The topological polar surface area (TPSA) is 54.9 Å². The summed E-state index contributed by atoms with van der Waals surface area (Å²) < 4.78 is 0.933. The summed E-state index contributed by atoms with van der Waals surface area (Å²) >= 11 is 9.01. The van der Waals surface area contributed by atoms with Gasteiger partial charge in [0.15, 0.2) is 10.8 Å². The Bertz CT molecular complexity index is 586. The molecule has 0 fully saturated rings. The number of hydrogen-bond donors (Lipinski definition) is 1. The first kappa shape index (κ1) is 13.0. The summed E-state index contributed by atoms with van der Waals surface area (Å²) in [5, 5.41) is 10.3. The van der Waals surface area contributed by atoms with Crippen molar-refractivity contribution in [2.24, 2.45) is 0 Å². The Morgan fingerprint density at radius 1 is 1.28 bits per heavy atom. The number of carbonyl (C=O) groups is 1. The summed E-state index contributed by atoms with van der Waals surface area (Å²) in [6.07, 6.45) is 0. The van der Waals surface area contributed by atoms with Gasteiger partial charge in [0.1, 0.15) is 0 Å². The lowest BCUT2D eigenvalue weighted by atomic mass is 10.2. The highest BCUT2D eigenvalue weighted by Crippen LogP contribution is 2.20. The highest BCUT2D eigenvalue weighted by molar-refractivity contribution is 9.10. The standard InChI is InChI=1S/C12H9BrClN3O/c1-7-2-3-8(6-9(7)13)15-12(18)10-4-5-11(14)17-16-10/h2-6H,1H3,(H,15,18). The zero-order valence-corrected chi connectivity index (χ0v) is 11.8. The number of aromatic nitrogens is 2. The molecule has 0 radical (unpaired) electrons. The van der Waals surface area contributed by atoms with E-state index in [1.165, 1.54) is 12.1 Å². The van der Waals surface area contributed by atoms with E-state index in [4.69, 9.17) is 11.6 Å². The largest absolute Gasteiger partial charge is 0.321 e. The van der Waals surface area contributed by atoms with Crippen molar-refractivity contribution >= 4 is 39.1 Å². The Morgan fingerprint density at radius 2 is 2.06 bits per heavy atom. The van der Waals surface area contributed by atoms with Crippen LogP contribution in [0.5, 0.6) is 0 Å². The number of anilines is 1. The fourth-order valence-corrected chi connectivity index (χ4v) is 1.78. The maximum atomic E-state index is 11.8. The molecule has 0 saturated carbocycles. The lowest BCUT2D eigenvalue weighted by molar-refractivity contribution is 0.102. The average Bonchev–Trinajstić information content (AvgIpc) is 2.34. The van der Waals surface area contributed by atoms with Crippen molar-refractivity contribution in [1.82, 2.24) is 10.2 Å². The third-order valence-corrected chi connectivity index (χ3v) is 3.35. The molecule has 1 aromatic carbocycles. The quantitative estimate of drug-likeness (QED) is 0.919. The van der Waals surface area contributed by atoms with Crippen LogP contribution in [0.25, 0.3) is 0 Å². The predicted octanol–water partition coefficient (Wildman–Crippen LogP) is 3.45. The maximum absolute atomic E-state index is 11.8. The Morgan fingerprint density at radius 3 is 2.67 bits per heavy atom. The summed E-state index contributed by atoms with van der Waals surface area (Å²) in [7, 11) is 0. The third-order valence-electron chi connectivity index (χ3n) is 2.29. The van der Waals surface area contributed by atoms with Crippen LogP contribution >= 0.6 is 27.5 Å². The molecule has 2 aromatic rings. The second-order valence-electron chi connectivity index (χ2n) is 3.66. The van der Waals surface area contributed by atoms with Crippen LogP contribution in [0.2, 0.25) is 5.15 Å². The normalized spacial score (nSPS) is 10.2. The van der Waals surface area contributed by atoms with Crippen LogP contribution in [0.15, 0.2) is 34.8 Å². The first-order valence-corrected chi connectivity index (χ1v) is 6.30. The Kier molecular flexibility index (Phi) is 3.93. The molecule has 4 nitrogen and oxygen atoms in total. The first-order valence-electron chi connectivity index (χ1n) is 5.13. The average molecular weight is 327 g/mol. The molecule has 0 atom stereocenters. The zero-order valence-electron chi connectivity index (χ0n) is 9.45. The van der Waals surface area contributed by atoms with Crippen LogP contribution < -0.4 is 5.32 Å². The summed E-state index contributed by atoms with van der Waals surface area (Å²) in [6.45, 7) is 1.97. The first-order chi connectivity index (χ1) is 8.56. The van der Waals surface area contributed by atoms with Gasteiger partial charge < -0.3 is 5.32 Å². The molecule has 92 valence electrons. The molecule has 1 heterocycles. The van der Waals surface area contributed by atoms with Gasteiger partial charge in [0.05, 0.1) is 0 Å². The van der Waals surface area contributed by atoms with Crippen LogP contribution in [0.1, 0.15) is 16.1 Å². The smallest absolute Gasteiger partial charge is 0.276 e. The molecular formula is C12H9BrClN3O. The SMILES string of the molecule is Cc1ccc(NC(=O)c2ccc(Cl)nn2)cc1Br. The van der Waals surface area contributed by atoms with E-state index in [9.17, 15) is 4.79 Å². The van der Waals surface area contributed by atoms with Crippen molar-refractivity contribution in [3.63, 3.8) is 0 Å². The van der Waals surface area contributed by atoms with Gasteiger partial charge in [-0.05, 0) is 36.8 Å². The number of benzene rings is 1. The number of amides is 1. The molecule has 1 N–H and O–H groups in total. The molecule has 18 heavy (non-hydrogen) atoms. The summed E-state index contributed by atoms with van der Waals surface area (Å²) in [4.78, 5) is 11.8. The van der Waals surface area contributed by atoms with E-state index in [1.54, 1.807) is 0 Å². The van der Waals surface area contributed by atoms with E-state index in [2.05, 4.69) is 31.4 Å². The Hall–Kier alpha value is -1.46. The number of aryl methyl sites for hydroxylation is 1. The van der Waals surface area contributed by atoms with E-state index in [0.29, 0.717) is 5.69 Å². The van der Waals surface area contributed by atoms with Gasteiger partial charge in [-0.2, -0.15) is 0 Å². The lowest BCUT2D eigenvalue weighted by Crippen LogP contribution is -2.14. The number of halogens is 2. The molecule has 0 saturated heterocycles. The van der Waals surface area contributed by atoms with E-state index < -0.39 is 0 Å². The number of carbonyl (C=O) groups excluding carboxylic acids is 1.